The quantitative estimate of drug-likeness (QED) is 0.195. The largest absolute Gasteiger partial charge is 0.208 e. The second-order valence-electron chi connectivity index (χ2n) is 14.1. The highest BCUT2D eigenvalue weighted by Gasteiger charge is 2.45. The van der Waals surface area contributed by atoms with Crippen LogP contribution in [0.1, 0.15) is 57.1 Å². The van der Waals surface area contributed by atoms with E-state index in [1.54, 1.807) is 0 Å². The van der Waals surface area contributed by atoms with Gasteiger partial charge in [-0.3, -0.25) is 0 Å². The molecule has 8 rings (SSSR count). The van der Waals surface area contributed by atoms with Crippen LogP contribution in [-0.2, 0) is 5.41 Å². The first kappa shape index (κ1) is 29.3. The molecule has 4 heteroatoms. The van der Waals surface area contributed by atoms with E-state index in [4.69, 9.17) is 15.0 Å². The Kier molecular flexibility index (Phi) is 7.41. The van der Waals surface area contributed by atoms with E-state index in [9.17, 15) is 5.26 Å². The van der Waals surface area contributed by atoms with E-state index in [0.717, 1.165) is 56.3 Å². The molecule has 0 amide bonds. The molecule has 4 nitrogen and oxygen atoms in total. The molecule has 4 atom stereocenters. The number of hydrogen-bond donors (Lipinski definition) is 0. The molecular formula is C43H38N4. The lowest BCUT2D eigenvalue weighted by molar-refractivity contribution is 0.0780. The van der Waals surface area contributed by atoms with Crippen molar-refractivity contribution in [3.05, 3.63) is 126 Å². The van der Waals surface area contributed by atoms with Gasteiger partial charge in [0.05, 0.1) is 11.6 Å². The molecule has 2 bridgehead atoms. The number of benzene rings is 5. The number of nitriles is 1. The number of hydrogen-bond acceptors (Lipinski definition) is 4. The van der Waals surface area contributed by atoms with Gasteiger partial charge in [0.25, 0.3) is 0 Å². The van der Waals surface area contributed by atoms with E-state index < -0.39 is 0 Å². The van der Waals surface area contributed by atoms with Gasteiger partial charge < -0.3 is 0 Å². The lowest BCUT2D eigenvalue weighted by atomic mass is 9.54. The summed E-state index contributed by atoms with van der Waals surface area (Å²) in [6.45, 7) is 4.90. The van der Waals surface area contributed by atoms with Crippen LogP contribution in [0.2, 0.25) is 0 Å². The van der Waals surface area contributed by atoms with Gasteiger partial charge in [-0.2, -0.15) is 5.26 Å². The average molecular weight is 611 g/mol. The number of fused-ring (bicyclic) bond motifs is 3. The van der Waals surface area contributed by atoms with Crippen molar-refractivity contribution in [3.63, 3.8) is 0 Å². The summed E-state index contributed by atoms with van der Waals surface area (Å²) in [5.74, 6) is 4.28. The first-order valence-electron chi connectivity index (χ1n) is 16.9. The fourth-order valence-corrected chi connectivity index (χ4v) is 8.79. The maximum atomic E-state index is 9.77. The van der Waals surface area contributed by atoms with E-state index in [1.807, 2.05) is 78.9 Å². The molecule has 2 saturated carbocycles. The van der Waals surface area contributed by atoms with Crippen molar-refractivity contribution in [3.8, 4) is 51.4 Å². The summed E-state index contributed by atoms with van der Waals surface area (Å²) in [5, 5.41) is 11.8. The predicted octanol–water partition coefficient (Wildman–Crippen LogP) is 10.7. The first-order chi connectivity index (χ1) is 23.0. The van der Waals surface area contributed by atoms with Gasteiger partial charge in [0.15, 0.2) is 17.5 Å². The highest BCUT2D eigenvalue weighted by Crippen LogP contribution is 2.54. The van der Waals surface area contributed by atoms with Gasteiger partial charge in [-0.25, -0.2) is 15.0 Å². The van der Waals surface area contributed by atoms with E-state index in [0.29, 0.717) is 28.5 Å². The topological polar surface area (TPSA) is 62.5 Å². The molecule has 6 aromatic rings. The minimum Gasteiger partial charge on any atom is -0.208 e. The molecule has 5 aromatic carbocycles. The first-order valence-corrected chi connectivity index (χ1v) is 16.9. The summed E-state index contributed by atoms with van der Waals surface area (Å²) in [6, 6.07) is 42.1. The zero-order valence-electron chi connectivity index (χ0n) is 27.0. The third kappa shape index (κ3) is 5.61. The molecule has 230 valence electrons. The molecule has 2 aliphatic rings. The maximum absolute atomic E-state index is 9.77. The van der Waals surface area contributed by atoms with Gasteiger partial charge in [-0.15, -0.1) is 0 Å². The maximum Gasteiger partial charge on any atom is 0.164 e. The van der Waals surface area contributed by atoms with Crippen LogP contribution < -0.4 is 0 Å². The molecule has 0 N–H and O–H groups in total. The second-order valence-corrected chi connectivity index (χ2v) is 14.1. The normalized spacial score (nSPS) is 22.1. The molecule has 2 aliphatic carbocycles. The Hall–Kier alpha value is -5.14. The number of rotatable bonds is 5. The Morgan fingerprint density at radius 1 is 0.596 bits per heavy atom. The second kappa shape index (κ2) is 11.9. The van der Waals surface area contributed by atoms with E-state index >= 15 is 0 Å². The summed E-state index contributed by atoms with van der Waals surface area (Å²) in [7, 11) is 0. The van der Waals surface area contributed by atoms with Crippen LogP contribution in [0.25, 0.3) is 56.1 Å². The van der Waals surface area contributed by atoms with Gasteiger partial charge in [-0.1, -0.05) is 105 Å². The smallest absolute Gasteiger partial charge is 0.164 e. The number of aromatic nitrogens is 3. The standard InChI is InChI=1S/C43H38N4/c1-28-19-31-20-29(2)25-43(24-28,26-31)37-16-14-32(15-17-37)35-22-36-21-30(27-44)13-18-38(36)39(23-35)42-46-40(33-9-5-3-6-10-33)45-41(47-42)34-11-7-4-8-12-34/h3-18,21-23,28-29,31H,19-20,24-26H2,1-2H3/t28-,29+,31?,43?. The Morgan fingerprint density at radius 3 is 1.79 bits per heavy atom. The molecule has 0 aliphatic heterocycles. The lowest BCUT2D eigenvalue weighted by Crippen LogP contribution is -2.42. The third-order valence-corrected chi connectivity index (χ3v) is 10.5. The van der Waals surface area contributed by atoms with Crippen LogP contribution in [0, 0.1) is 29.1 Å². The average Bonchev–Trinajstić information content (AvgIpc) is 3.11. The highest BCUT2D eigenvalue weighted by molar-refractivity contribution is 5.99. The highest BCUT2D eigenvalue weighted by atomic mass is 15.0. The Bertz CT molecular complexity index is 2040. The zero-order chi connectivity index (χ0) is 32.0. The molecule has 47 heavy (non-hydrogen) atoms. The van der Waals surface area contributed by atoms with Crippen LogP contribution in [0.15, 0.2) is 115 Å². The Morgan fingerprint density at radius 2 is 1.19 bits per heavy atom. The van der Waals surface area contributed by atoms with Gasteiger partial charge >= 0.3 is 0 Å². The molecule has 2 fully saturated rings. The van der Waals surface area contributed by atoms with Crippen molar-refractivity contribution in [1.82, 2.24) is 15.0 Å². The van der Waals surface area contributed by atoms with Gasteiger partial charge in [0.2, 0.25) is 0 Å². The van der Waals surface area contributed by atoms with Gasteiger partial charge in [-0.05, 0) is 107 Å². The molecule has 1 aromatic heterocycles. The molecule has 2 unspecified atom stereocenters. The SMILES string of the molecule is C[C@@H]1CC2C[C@H](C)CC(c3ccc(-c4cc(-c5nc(-c6ccccc6)nc(-c6ccccc6)n5)c5ccc(C#N)cc5c4)cc3)(C2)C1. The molecular weight excluding hydrogens is 573 g/mol. The predicted molar refractivity (Wildman–Crippen MR) is 190 cm³/mol. The van der Waals surface area contributed by atoms with Gasteiger partial charge in [0, 0.05) is 16.7 Å². The Balaban J connectivity index is 1.27. The summed E-state index contributed by atoms with van der Waals surface area (Å²) < 4.78 is 0. The lowest BCUT2D eigenvalue weighted by Gasteiger charge is -2.50. The fraction of sp³-hybridized carbons (Fsp3) is 0.256. The van der Waals surface area contributed by atoms with Crippen LogP contribution in [0.3, 0.4) is 0 Å². The molecule has 0 saturated heterocycles. The van der Waals surface area contributed by atoms with Crippen molar-refractivity contribution in [2.75, 3.05) is 0 Å². The van der Waals surface area contributed by atoms with Crippen molar-refractivity contribution >= 4 is 10.8 Å². The van der Waals surface area contributed by atoms with Crippen molar-refractivity contribution in [1.29, 1.82) is 5.26 Å². The zero-order valence-corrected chi connectivity index (χ0v) is 27.0. The molecule has 0 spiro atoms. The third-order valence-electron chi connectivity index (χ3n) is 10.5. The van der Waals surface area contributed by atoms with Crippen LogP contribution in [0.5, 0.6) is 0 Å². The van der Waals surface area contributed by atoms with Gasteiger partial charge in [0.1, 0.15) is 0 Å². The van der Waals surface area contributed by atoms with Crippen LogP contribution in [0.4, 0.5) is 0 Å². The summed E-state index contributed by atoms with van der Waals surface area (Å²) >= 11 is 0. The molecule has 1 heterocycles. The van der Waals surface area contributed by atoms with Crippen molar-refractivity contribution in [2.24, 2.45) is 17.8 Å². The van der Waals surface area contributed by atoms with E-state index in [-0.39, 0.29) is 0 Å². The minimum absolute atomic E-state index is 0.293. The fourth-order valence-electron chi connectivity index (χ4n) is 8.79. The van der Waals surface area contributed by atoms with Crippen molar-refractivity contribution < 1.29 is 0 Å². The van der Waals surface area contributed by atoms with E-state index in [1.165, 1.54) is 37.7 Å². The summed E-state index contributed by atoms with van der Waals surface area (Å²) in [6.07, 6.45) is 6.66. The minimum atomic E-state index is 0.293. The Labute approximate surface area is 277 Å². The monoisotopic (exact) mass is 610 g/mol. The van der Waals surface area contributed by atoms with Crippen molar-refractivity contribution in [2.45, 2.75) is 51.4 Å². The number of nitrogens with zero attached hydrogens (tertiary/aromatic N) is 4. The summed E-state index contributed by atoms with van der Waals surface area (Å²) in [4.78, 5) is 15.0. The van der Waals surface area contributed by atoms with Crippen LogP contribution in [-0.4, -0.2) is 15.0 Å². The van der Waals surface area contributed by atoms with Crippen LogP contribution >= 0.6 is 0 Å². The van der Waals surface area contributed by atoms with E-state index in [2.05, 4.69) is 56.3 Å². The molecule has 0 radical (unpaired) electrons. The summed E-state index contributed by atoms with van der Waals surface area (Å²) in [5.41, 5.74) is 7.45.